The van der Waals surface area contributed by atoms with Crippen LogP contribution in [0.2, 0.25) is 0 Å². The van der Waals surface area contributed by atoms with E-state index in [1.54, 1.807) is 35.8 Å². The van der Waals surface area contributed by atoms with E-state index in [-0.39, 0.29) is 36.0 Å². The summed E-state index contributed by atoms with van der Waals surface area (Å²) in [5, 5.41) is 3.20. The third kappa shape index (κ3) is 4.70. The minimum Gasteiger partial charge on any atom is -0.350 e. The number of fused-ring (bicyclic) bond motifs is 1. The lowest BCUT2D eigenvalue weighted by molar-refractivity contribution is -0.0503. The molecule has 10 heteroatoms. The number of hydrogen-bond acceptors (Lipinski definition) is 5. The number of imidazole rings is 1. The standard InChI is InChI=1S/C24H33N5O4S/c1-28(7-6-26-34(2,32)33)23(31)19-14-29-20(4-3-5-21(29)27-19)22(30)25-15-24-11-16-8-17(12-24)10-18(9-16)13-24/h3-5,14,16-18,26H,6-13,15H2,1-2H3,(H,25,30). The Bertz CT molecular complexity index is 1190. The smallest absolute Gasteiger partial charge is 0.273 e. The number of carbonyl (C=O) groups excluding carboxylic acids is 2. The molecule has 184 valence electrons. The van der Waals surface area contributed by atoms with Crippen LogP contribution in [-0.4, -0.2) is 67.5 Å². The number of pyridine rings is 1. The molecule has 0 aromatic carbocycles. The monoisotopic (exact) mass is 487 g/mol. The quantitative estimate of drug-likeness (QED) is 0.591. The highest BCUT2D eigenvalue weighted by Gasteiger charge is 2.50. The largest absolute Gasteiger partial charge is 0.350 e. The van der Waals surface area contributed by atoms with Crippen molar-refractivity contribution in [3.63, 3.8) is 0 Å². The Kier molecular flexibility index (Phi) is 5.92. The third-order valence-electron chi connectivity index (χ3n) is 7.89. The first-order valence-electron chi connectivity index (χ1n) is 12.1. The van der Waals surface area contributed by atoms with Gasteiger partial charge in [0, 0.05) is 32.9 Å². The Labute approximate surface area is 200 Å². The Morgan fingerprint density at radius 3 is 2.41 bits per heavy atom. The second kappa shape index (κ2) is 8.64. The van der Waals surface area contributed by atoms with Crippen molar-refractivity contribution >= 4 is 27.5 Å². The molecule has 2 aromatic heterocycles. The number of hydrogen-bond donors (Lipinski definition) is 2. The third-order valence-corrected chi connectivity index (χ3v) is 8.62. The van der Waals surface area contributed by atoms with Gasteiger partial charge < -0.3 is 10.2 Å². The van der Waals surface area contributed by atoms with E-state index < -0.39 is 10.0 Å². The summed E-state index contributed by atoms with van der Waals surface area (Å²) in [6.07, 6.45) is 10.5. The van der Waals surface area contributed by atoms with Gasteiger partial charge in [-0.15, -0.1) is 0 Å². The van der Waals surface area contributed by atoms with E-state index in [0.29, 0.717) is 17.9 Å². The lowest BCUT2D eigenvalue weighted by Gasteiger charge is -2.56. The van der Waals surface area contributed by atoms with E-state index in [9.17, 15) is 18.0 Å². The van der Waals surface area contributed by atoms with E-state index >= 15 is 0 Å². The second-order valence-corrected chi connectivity index (χ2v) is 12.6. The Morgan fingerprint density at radius 1 is 1.15 bits per heavy atom. The van der Waals surface area contributed by atoms with Crippen LogP contribution in [0.25, 0.3) is 5.65 Å². The highest BCUT2D eigenvalue weighted by atomic mass is 32.2. The van der Waals surface area contributed by atoms with Gasteiger partial charge in [0.25, 0.3) is 11.8 Å². The molecular formula is C24H33N5O4S. The van der Waals surface area contributed by atoms with E-state index in [1.807, 2.05) is 0 Å². The van der Waals surface area contributed by atoms with Gasteiger partial charge in [0.1, 0.15) is 17.0 Å². The lowest BCUT2D eigenvalue weighted by Crippen LogP contribution is -2.51. The summed E-state index contributed by atoms with van der Waals surface area (Å²) in [6, 6.07) is 5.28. The van der Waals surface area contributed by atoms with E-state index in [1.165, 1.54) is 43.4 Å². The van der Waals surface area contributed by atoms with Crippen LogP contribution >= 0.6 is 0 Å². The molecule has 4 aliphatic carbocycles. The molecule has 0 saturated heterocycles. The fourth-order valence-corrected chi connectivity index (χ4v) is 7.32. The molecule has 2 heterocycles. The molecule has 4 saturated carbocycles. The number of sulfonamides is 1. The van der Waals surface area contributed by atoms with Crippen LogP contribution in [0.1, 0.15) is 59.5 Å². The van der Waals surface area contributed by atoms with Crippen LogP contribution in [0, 0.1) is 23.2 Å². The number of amides is 2. The summed E-state index contributed by atoms with van der Waals surface area (Å²) in [6.45, 7) is 1.03. The first kappa shape index (κ1) is 23.3. The van der Waals surface area contributed by atoms with E-state index in [2.05, 4.69) is 15.0 Å². The Morgan fingerprint density at radius 2 is 1.79 bits per heavy atom. The van der Waals surface area contributed by atoms with Crippen LogP contribution in [-0.2, 0) is 10.0 Å². The lowest BCUT2D eigenvalue weighted by atomic mass is 9.49. The Balaban J connectivity index is 1.27. The number of nitrogens with zero attached hydrogens (tertiary/aromatic N) is 3. The van der Waals surface area contributed by atoms with Crippen molar-refractivity contribution in [2.75, 3.05) is 32.9 Å². The zero-order valence-electron chi connectivity index (χ0n) is 19.8. The first-order valence-corrected chi connectivity index (χ1v) is 14.0. The van der Waals surface area contributed by atoms with Gasteiger partial charge in [-0.05, 0) is 73.8 Å². The van der Waals surface area contributed by atoms with Gasteiger partial charge >= 0.3 is 0 Å². The molecular weight excluding hydrogens is 454 g/mol. The summed E-state index contributed by atoms with van der Waals surface area (Å²) in [7, 11) is -1.73. The maximum atomic E-state index is 13.2. The Hall–Kier alpha value is -2.46. The topological polar surface area (TPSA) is 113 Å². The van der Waals surface area contributed by atoms with Crippen molar-refractivity contribution in [2.24, 2.45) is 23.2 Å². The van der Waals surface area contributed by atoms with Crippen LogP contribution in [0.15, 0.2) is 24.4 Å². The molecule has 2 aromatic rings. The summed E-state index contributed by atoms with van der Waals surface area (Å²) in [5.74, 6) is 2.01. The summed E-state index contributed by atoms with van der Waals surface area (Å²) >= 11 is 0. The predicted octanol–water partition coefficient (Wildman–Crippen LogP) is 1.90. The molecule has 9 nitrogen and oxygen atoms in total. The van der Waals surface area contributed by atoms with E-state index in [4.69, 9.17) is 0 Å². The molecule has 2 N–H and O–H groups in total. The fourth-order valence-electron chi connectivity index (χ4n) is 6.86. The molecule has 0 radical (unpaired) electrons. The minimum atomic E-state index is -3.32. The molecule has 2 amide bonds. The van der Waals surface area contributed by atoms with Gasteiger partial charge in [-0.3, -0.25) is 14.0 Å². The van der Waals surface area contributed by atoms with Crippen molar-refractivity contribution in [3.05, 3.63) is 35.8 Å². The number of likely N-dealkylation sites (N-methyl/N-ethyl adjacent to an activating group) is 1. The summed E-state index contributed by atoms with van der Waals surface area (Å²) in [4.78, 5) is 31.8. The predicted molar refractivity (Wildman–Crippen MR) is 128 cm³/mol. The van der Waals surface area contributed by atoms with Gasteiger partial charge in [0.2, 0.25) is 10.0 Å². The molecule has 4 aliphatic rings. The zero-order valence-corrected chi connectivity index (χ0v) is 20.6. The zero-order chi connectivity index (χ0) is 24.1. The number of carbonyl (C=O) groups is 2. The van der Waals surface area contributed by atoms with Gasteiger partial charge in [0.05, 0.1) is 6.26 Å². The molecule has 34 heavy (non-hydrogen) atoms. The SMILES string of the molecule is CN(CCNS(C)(=O)=O)C(=O)c1cn2c(C(=O)NCC34CC5CC(CC(C5)C3)C4)cccc2n1. The normalized spacial score (nSPS) is 27.8. The van der Waals surface area contributed by atoms with Gasteiger partial charge in [-0.25, -0.2) is 18.1 Å². The van der Waals surface area contributed by atoms with Gasteiger partial charge in [-0.1, -0.05) is 6.07 Å². The number of rotatable bonds is 8. The maximum Gasteiger partial charge on any atom is 0.273 e. The van der Waals surface area contributed by atoms with E-state index in [0.717, 1.165) is 24.0 Å². The average molecular weight is 488 g/mol. The summed E-state index contributed by atoms with van der Waals surface area (Å²) < 4.78 is 26.5. The molecule has 0 atom stereocenters. The average Bonchev–Trinajstić information content (AvgIpc) is 3.19. The second-order valence-electron chi connectivity index (χ2n) is 10.8. The van der Waals surface area contributed by atoms with Crippen molar-refractivity contribution in [2.45, 2.75) is 38.5 Å². The summed E-state index contributed by atoms with van der Waals surface area (Å²) in [5.41, 5.74) is 1.43. The van der Waals surface area contributed by atoms with Crippen molar-refractivity contribution < 1.29 is 18.0 Å². The van der Waals surface area contributed by atoms with Gasteiger partial charge in [0.15, 0.2) is 0 Å². The van der Waals surface area contributed by atoms with Crippen molar-refractivity contribution in [1.82, 2.24) is 24.3 Å². The molecule has 6 rings (SSSR count). The first-order chi connectivity index (χ1) is 16.1. The molecule has 0 spiro atoms. The minimum absolute atomic E-state index is 0.117. The maximum absolute atomic E-state index is 13.2. The molecule has 4 bridgehead atoms. The van der Waals surface area contributed by atoms with Crippen LogP contribution in [0.3, 0.4) is 0 Å². The molecule has 0 aliphatic heterocycles. The highest BCUT2D eigenvalue weighted by Crippen LogP contribution is 2.59. The molecule has 4 fully saturated rings. The fraction of sp³-hybridized carbons (Fsp3) is 0.625. The van der Waals surface area contributed by atoms with Crippen LogP contribution in [0.4, 0.5) is 0 Å². The number of nitrogens with one attached hydrogen (secondary N) is 2. The van der Waals surface area contributed by atoms with Crippen LogP contribution in [0.5, 0.6) is 0 Å². The van der Waals surface area contributed by atoms with Crippen molar-refractivity contribution in [1.29, 1.82) is 0 Å². The van der Waals surface area contributed by atoms with Crippen molar-refractivity contribution in [3.8, 4) is 0 Å². The highest BCUT2D eigenvalue weighted by molar-refractivity contribution is 7.88. The number of aromatic nitrogens is 2. The van der Waals surface area contributed by atoms with Crippen LogP contribution < -0.4 is 10.0 Å². The molecule has 0 unspecified atom stereocenters. The van der Waals surface area contributed by atoms with Gasteiger partial charge in [-0.2, -0.15) is 0 Å².